The maximum absolute atomic E-state index is 12.4. The van der Waals surface area contributed by atoms with Gasteiger partial charge in [0, 0.05) is 18.2 Å². The van der Waals surface area contributed by atoms with E-state index in [1.807, 2.05) is 24.3 Å². The summed E-state index contributed by atoms with van der Waals surface area (Å²) in [5.74, 6) is 1.01. The summed E-state index contributed by atoms with van der Waals surface area (Å²) in [6.45, 7) is 0.696. The number of nitrogen functional groups attached to an aromatic ring is 1. The summed E-state index contributed by atoms with van der Waals surface area (Å²) in [7, 11) is 0. The average Bonchev–Trinajstić information content (AvgIpc) is 2.64. The predicted molar refractivity (Wildman–Crippen MR) is 106 cm³/mol. The molecule has 0 bridgehead atoms. The SMILES string of the molecule is Cl.Nc1ccc(CCNC(=O)C2CCC(c3ccccc3)CC2)cc1. The third-order valence-electron chi connectivity index (χ3n) is 5.06. The van der Waals surface area contributed by atoms with Gasteiger partial charge < -0.3 is 11.1 Å². The molecule has 0 radical (unpaired) electrons. The van der Waals surface area contributed by atoms with E-state index in [0.717, 1.165) is 37.8 Å². The van der Waals surface area contributed by atoms with E-state index in [1.165, 1.54) is 11.1 Å². The van der Waals surface area contributed by atoms with Crippen LogP contribution in [0.3, 0.4) is 0 Å². The normalized spacial score (nSPS) is 19.7. The van der Waals surface area contributed by atoms with E-state index in [9.17, 15) is 4.79 Å². The molecule has 1 aliphatic rings. The lowest BCUT2D eigenvalue weighted by Crippen LogP contribution is -2.34. The predicted octanol–water partition coefficient (Wildman–Crippen LogP) is 4.32. The third-order valence-corrected chi connectivity index (χ3v) is 5.06. The first-order chi connectivity index (χ1) is 11.7. The molecule has 134 valence electrons. The van der Waals surface area contributed by atoms with Gasteiger partial charge in [0.25, 0.3) is 0 Å². The zero-order valence-electron chi connectivity index (χ0n) is 14.5. The summed E-state index contributed by atoms with van der Waals surface area (Å²) < 4.78 is 0. The van der Waals surface area contributed by atoms with E-state index < -0.39 is 0 Å². The summed E-state index contributed by atoms with van der Waals surface area (Å²) >= 11 is 0. The molecule has 0 atom stereocenters. The fourth-order valence-electron chi connectivity index (χ4n) is 3.57. The average molecular weight is 359 g/mol. The van der Waals surface area contributed by atoms with E-state index in [2.05, 4.69) is 35.6 Å². The van der Waals surface area contributed by atoms with E-state index in [0.29, 0.717) is 12.5 Å². The van der Waals surface area contributed by atoms with Crippen molar-refractivity contribution in [3.05, 3.63) is 65.7 Å². The number of nitrogens with one attached hydrogen (secondary N) is 1. The van der Waals surface area contributed by atoms with Gasteiger partial charge in [-0.3, -0.25) is 4.79 Å². The molecule has 25 heavy (non-hydrogen) atoms. The minimum absolute atomic E-state index is 0. The molecule has 3 rings (SSSR count). The molecule has 0 aliphatic heterocycles. The Balaban J connectivity index is 0.00000225. The van der Waals surface area contributed by atoms with Crippen LogP contribution in [0.2, 0.25) is 0 Å². The van der Waals surface area contributed by atoms with E-state index >= 15 is 0 Å². The summed E-state index contributed by atoms with van der Waals surface area (Å²) in [4.78, 5) is 12.4. The molecule has 0 heterocycles. The topological polar surface area (TPSA) is 55.1 Å². The van der Waals surface area contributed by atoms with Crippen molar-refractivity contribution >= 4 is 24.0 Å². The highest BCUT2D eigenvalue weighted by Crippen LogP contribution is 2.35. The number of anilines is 1. The highest BCUT2D eigenvalue weighted by Gasteiger charge is 2.26. The highest BCUT2D eigenvalue weighted by molar-refractivity contribution is 5.85. The van der Waals surface area contributed by atoms with Crippen LogP contribution in [-0.2, 0) is 11.2 Å². The van der Waals surface area contributed by atoms with Crippen LogP contribution in [0.1, 0.15) is 42.7 Å². The molecular weight excluding hydrogens is 332 g/mol. The molecule has 3 nitrogen and oxygen atoms in total. The van der Waals surface area contributed by atoms with Crippen molar-refractivity contribution in [1.82, 2.24) is 5.32 Å². The Kier molecular flexibility index (Phi) is 7.32. The number of nitrogens with two attached hydrogens (primary N) is 1. The van der Waals surface area contributed by atoms with Crippen molar-refractivity contribution in [3.8, 4) is 0 Å². The third kappa shape index (κ3) is 5.50. The van der Waals surface area contributed by atoms with Crippen LogP contribution in [0.5, 0.6) is 0 Å². The molecule has 1 amide bonds. The van der Waals surface area contributed by atoms with Crippen LogP contribution in [0.25, 0.3) is 0 Å². The molecule has 0 saturated heterocycles. The molecule has 4 heteroatoms. The summed E-state index contributed by atoms with van der Waals surface area (Å²) in [6, 6.07) is 18.5. The van der Waals surface area contributed by atoms with Gasteiger partial charge >= 0.3 is 0 Å². The lowest BCUT2D eigenvalue weighted by atomic mass is 9.78. The van der Waals surface area contributed by atoms with Gasteiger partial charge in [0.15, 0.2) is 0 Å². The van der Waals surface area contributed by atoms with E-state index in [1.54, 1.807) is 0 Å². The van der Waals surface area contributed by atoms with Crippen molar-refractivity contribution < 1.29 is 4.79 Å². The van der Waals surface area contributed by atoms with E-state index in [4.69, 9.17) is 5.73 Å². The van der Waals surface area contributed by atoms with Crippen molar-refractivity contribution in [3.63, 3.8) is 0 Å². The summed E-state index contributed by atoms with van der Waals surface area (Å²) in [5, 5.41) is 3.10. The lowest BCUT2D eigenvalue weighted by molar-refractivity contribution is -0.125. The second-order valence-electron chi connectivity index (χ2n) is 6.74. The molecular formula is C21H27ClN2O. The van der Waals surface area contributed by atoms with Gasteiger partial charge in [0.2, 0.25) is 5.91 Å². The number of carbonyl (C=O) groups is 1. The Hall–Kier alpha value is -2.00. The number of hydrogen-bond acceptors (Lipinski definition) is 2. The second-order valence-corrected chi connectivity index (χ2v) is 6.74. The number of benzene rings is 2. The molecule has 0 aromatic heterocycles. The smallest absolute Gasteiger partial charge is 0.223 e. The van der Waals surface area contributed by atoms with Gasteiger partial charge in [0.1, 0.15) is 0 Å². The first kappa shape index (κ1) is 19.3. The van der Waals surface area contributed by atoms with E-state index in [-0.39, 0.29) is 24.2 Å². The van der Waals surface area contributed by atoms with Gasteiger partial charge in [-0.25, -0.2) is 0 Å². The number of halogens is 1. The Morgan fingerprint density at radius 2 is 1.60 bits per heavy atom. The number of amides is 1. The van der Waals surface area contributed by atoms with Crippen molar-refractivity contribution in [2.45, 2.75) is 38.0 Å². The second kappa shape index (κ2) is 9.47. The Bertz CT molecular complexity index is 649. The van der Waals surface area contributed by atoms with Gasteiger partial charge in [-0.05, 0) is 61.3 Å². The Labute approximate surface area is 156 Å². The standard InChI is InChI=1S/C21H26N2O.ClH/c22-20-12-6-16(7-13-20)14-15-23-21(24)19-10-8-18(9-11-19)17-4-2-1-3-5-17;/h1-7,12-13,18-19H,8-11,14-15,22H2,(H,23,24);1H. The summed E-state index contributed by atoms with van der Waals surface area (Å²) in [5.41, 5.74) is 9.08. The number of rotatable bonds is 5. The lowest BCUT2D eigenvalue weighted by Gasteiger charge is -2.28. The first-order valence-electron chi connectivity index (χ1n) is 8.89. The molecule has 2 aromatic rings. The van der Waals surface area contributed by atoms with Crippen molar-refractivity contribution in [1.29, 1.82) is 0 Å². The molecule has 1 fully saturated rings. The van der Waals surface area contributed by atoms with Crippen LogP contribution in [0, 0.1) is 5.92 Å². The van der Waals surface area contributed by atoms with Crippen LogP contribution < -0.4 is 11.1 Å². The van der Waals surface area contributed by atoms with Crippen LogP contribution in [-0.4, -0.2) is 12.5 Å². The maximum atomic E-state index is 12.4. The molecule has 0 unspecified atom stereocenters. The zero-order valence-corrected chi connectivity index (χ0v) is 15.3. The Morgan fingerprint density at radius 1 is 0.960 bits per heavy atom. The molecule has 1 aliphatic carbocycles. The fraction of sp³-hybridized carbons (Fsp3) is 0.381. The van der Waals surface area contributed by atoms with Gasteiger partial charge in [-0.2, -0.15) is 0 Å². The molecule has 0 spiro atoms. The summed E-state index contributed by atoms with van der Waals surface area (Å²) in [6.07, 6.45) is 5.06. The van der Waals surface area contributed by atoms with Gasteiger partial charge in [-0.15, -0.1) is 12.4 Å². The van der Waals surface area contributed by atoms with Crippen LogP contribution in [0.4, 0.5) is 5.69 Å². The van der Waals surface area contributed by atoms with Crippen LogP contribution in [0.15, 0.2) is 54.6 Å². The largest absolute Gasteiger partial charge is 0.399 e. The highest BCUT2D eigenvalue weighted by atomic mass is 35.5. The minimum Gasteiger partial charge on any atom is -0.399 e. The van der Waals surface area contributed by atoms with Gasteiger partial charge in [0.05, 0.1) is 0 Å². The molecule has 2 aromatic carbocycles. The molecule has 3 N–H and O–H groups in total. The Morgan fingerprint density at radius 3 is 2.24 bits per heavy atom. The number of carbonyl (C=O) groups excluding carboxylic acids is 1. The maximum Gasteiger partial charge on any atom is 0.223 e. The zero-order chi connectivity index (χ0) is 16.8. The first-order valence-corrected chi connectivity index (χ1v) is 8.89. The quantitative estimate of drug-likeness (QED) is 0.782. The van der Waals surface area contributed by atoms with Crippen LogP contribution >= 0.6 is 12.4 Å². The fourth-order valence-corrected chi connectivity index (χ4v) is 3.57. The van der Waals surface area contributed by atoms with Gasteiger partial charge in [-0.1, -0.05) is 42.5 Å². The number of hydrogen-bond donors (Lipinski definition) is 2. The molecule has 1 saturated carbocycles. The van der Waals surface area contributed by atoms with Crippen molar-refractivity contribution in [2.75, 3.05) is 12.3 Å². The minimum atomic E-state index is 0. The monoisotopic (exact) mass is 358 g/mol. The van der Waals surface area contributed by atoms with Crippen molar-refractivity contribution in [2.24, 2.45) is 5.92 Å².